The van der Waals surface area contributed by atoms with Gasteiger partial charge in [-0.2, -0.15) is 0 Å². The second kappa shape index (κ2) is 9.01. The van der Waals surface area contributed by atoms with Crippen LogP contribution in [0.2, 0.25) is 0 Å². The van der Waals surface area contributed by atoms with E-state index in [9.17, 15) is 0 Å². The van der Waals surface area contributed by atoms with Crippen molar-refractivity contribution in [1.82, 2.24) is 0 Å². The van der Waals surface area contributed by atoms with E-state index in [1.165, 1.54) is 19.3 Å². The molecule has 0 aromatic rings. The largest absolute Gasteiger partial charge is 0.382 e. The van der Waals surface area contributed by atoms with Crippen LogP contribution in [0.3, 0.4) is 0 Å². The van der Waals surface area contributed by atoms with Crippen LogP contribution >= 0.6 is 0 Å². The molecule has 0 rings (SSSR count). The molecule has 1 unspecified atom stereocenters. The molecule has 0 aliphatic heterocycles. The van der Waals surface area contributed by atoms with Gasteiger partial charge in [0.2, 0.25) is 0 Å². The Morgan fingerprint density at radius 1 is 1.17 bits per heavy atom. The Kier molecular flexibility index (Phi) is 8.95. The zero-order chi connectivity index (χ0) is 9.23. The Morgan fingerprint density at radius 2 is 1.92 bits per heavy atom. The van der Waals surface area contributed by atoms with Crippen LogP contribution in [0.25, 0.3) is 0 Å². The minimum atomic E-state index is 0.350. The normalized spacial score (nSPS) is 13.2. The summed E-state index contributed by atoms with van der Waals surface area (Å²) in [5.74, 6) is 0. The van der Waals surface area contributed by atoms with E-state index in [0.717, 1.165) is 26.1 Å². The highest BCUT2D eigenvalue weighted by molar-refractivity contribution is 4.60. The number of nitrogens with two attached hydrogens (primary N) is 1. The molecule has 0 aliphatic rings. The van der Waals surface area contributed by atoms with Gasteiger partial charge in [-0.15, -0.1) is 0 Å². The SMILES string of the molecule is CCCCCC(N)CCOCC. The number of hydrogen-bond donors (Lipinski definition) is 1. The summed E-state index contributed by atoms with van der Waals surface area (Å²) in [6, 6.07) is 0.350. The summed E-state index contributed by atoms with van der Waals surface area (Å²) < 4.78 is 5.23. The van der Waals surface area contributed by atoms with Gasteiger partial charge in [0.15, 0.2) is 0 Å². The highest BCUT2D eigenvalue weighted by atomic mass is 16.5. The van der Waals surface area contributed by atoms with E-state index >= 15 is 0 Å². The van der Waals surface area contributed by atoms with Crippen LogP contribution < -0.4 is 5.73 Å². The lowest BCUT2D eigenvalue weighted by Gasteiger charge is -2.10. The summed E-state index contributed by atoms with van der Waals surface area (Å²) in [5.41, 5.74) is 5.88. The molecule has 0 bridgehead atoms. The average molecular weight is 173 g/mol. The monoisotopic (exact) mass is 173 g/mol. The predicted octanol–water partition coefficient (Wildman–Crippen LogP) is 2.32. The summed E-state index contributed by atoms with van der Waals surface area (Å²) in [6.45, 7) is 5.86. The van der Waals surface area contributed by atoms with Gasteiger partial charge in [-0.3, -0.25) is 0 Å². The third-order valence-corrected chi connectivity index (χ3v) is 2.02. The van der Waals surface area contributed by atoms with Crippen LogP contribution in [0.1, 0.15) is 46.0 Å². The molecule has 0 radical (unpaired) electrons. The lowest BCUT2D eigenvalue weighted by molar-refractivity contribution is 0.139. The Bertz CT molecular complexity index is 75.9. The predicted molar refractivity (Wildman–Crippen MR) is 53.2 cm³/mol. The summed E-state index contributed by atoms with van der Waals surface area (Å²) in [5, 5.41) is 0. The third kappa shape index (κ3) is 8.02. The van der Waals surface area contributed by atoms with Gasteiger partial charge in [0.25, 0.3) is 0 Å². The molecule has 74 valence electrons. The van der Waals surface area contributed by atoms with Gasteiger partial charge in [0.1, 0.15) is 0 Å². The van der Waals surface area contributed by atoms with E-state index in [4.69, 9.17) is 10.5 Å². The molecule has 0 spiro atoms. The standard InChI is InChI=1S/C10H23NO/c1-3-5-6-7-10(11)8-9-12-4-2/h10H,3-9,11H2,1-2H3. The van der Waals surface area contributed by atoms with Crippen LogP contribution in [0.15, 0.2) is 0 Å². The van der Waals surface area contributed by atoms with E-state index in [1.807, 2.05) is 6.92 Å². The van der Waals surface area contributed by atoms with Gasteiger partial charge in [0, 0.05) is 19.3 Å². The van der Waals surface area contributed by atoms with Crippen LogP contribution in [0.4, 0.5) is 0 Å². The molecule has 0 aliphatic carbocycles. The molecule has 0 fully saturated rings. The van der Waals surface area contributed by atoms with Crippen molar-refractivity contribution < 1.29 is 4.74 Å². The fraction of sp³-hybridized carbons (Fsp3) is 1.00. The number of unbranched alkanes of at least 4 members (excludes halogenated alkanes) is 2. The smallest absolute Gasteiger partial charge is 0.0480 e. The van der Waals surface area contributed by atoms with Crippen molar-refractivity contribution in [2.45, 2.75) is 52.0 Å². The van der Waals surface area contributed by atoms with E-state index in [-0.39, 0.29) is 0 Å². The molecule has 0 saturated carbocycles. The Morgan fingerprint density at radius 3 is 2.50 bits per heavy atom. The van der Waals surface area contributed by atoms with Crippen molar-refractivity contribution in [1.29, 1.82) is 0 Å². The lowest BCUT2D eigenvalue weighted by atomic mass is 10.1. The average Bonchev–Trinajstić information content (AvgIpc) is 2.06. The van der Waals surface area contributed by atoms with Crippen molar-refractivity contribution in [3.8, 4) is 0 Å². The second-order valence-corrected chi connectivity index (χ2v) is 3.24. The first-order chi connectivity index (χ1) is 5.81. The third-order valence-electron chi connectivity index (χ3n) is 2.02. The molecule has 0 aromatic carbocycles. The molecule has 2 nitrogen and oxygen atoms in total. The summed E-state index contributed by atoms with van der Waals surface area (Å²) in [7, 11) is 0. The zero-order valence-electron chi connectivity index (χ0n) is 8.51. The molecule has 1 atom stereocenters. The first-order valence-corrected chi connectivity index (χ1v) is 5.14. The van der Waals surface area contributed by atoms with Gasteiger partial charge in [-0.05, 0) is 19.8 Å². The van der Waals surface area contributed by atoms with Gasteiger partial charge >= 0.3 is 0 Å². The van der Waals surface area contributed by atoms with E-state index in [0.29, 0.717) is 6.04 Å². The molecule has 12 heavy (non-hydrogen) atoms. The van der Waals surface area contributed by atoms with Crippen LogP contribution in [-0.4, -0.2) is 19.3 Å². The van der Waals surface area contributed by atoms with Gasteiger partial charge in [-0.1, -0.05) is 26.2 Å². The molecule has 2 N–H and O–H groups in total. The Hall–Kier alpha value is -0.0800. The lowest BCUT2D eigenvalue weighted by Crippen LogP contribution is -2.21. The van der Waals surface area contributed by atoms with Gasteiger partial charge < -0.3 is 10.5 Å². The molecule has 0 aromatic heterocycles. The Balaban J connectivity index is 3.04. The van der Waals surface area contributed by atoms with Crippen molar-refractivity contribution in [3.05, 3.63) is 0 Å². The number of ether oxygens (including phenoxy) is 1. The van der Waals surface area contributed by atoms with Crippen molar-refractivity contribution >= 4 is 0 Å². The second-order valence-electron chi connectivity index (χ2n) is 3.24. The van der Waals surface area contributed by atoms with Crippen molar-refractivity contribution in [2.75, 3.05) is 13.2 Å². The minimum absolute atomic E-state index is 0.350. The van der Waals surface area contributed by atoms with Crippen molar-refractivity contribution in [3.63, 3.8) is 0 Å². The minimum Gasteiger partial charge on any atom is -0.382 e. The highest BCUT2D eigenvalue weighted by Crippen LogP contribution is 2.04. The Labute approximate surface area is 76.5 Å². The quantitative estimate of drug-likeness (QED) is 0.572. The maximum atomic E-state index is 5.88. The topological polar surface area (TPSA) is 35.2 Å². The number of hydrogen-bond acceptors (Lipinski definition) is 2. The molecule has 0 amide bonds. The summed E-state index contributed by atoms with van der Waals surface area (Å²) in [6.07, 6.45) is 6.02. The summed E-state index contributed by atoms with van der Waals surface area (Å²) in [4.78, 5) is 0. The van der Waals surface area contributed by atoms with E-state index in [2.05, 4.69) is 6.92 Å². The summed E-state index contributed by atoms with van der Waals surface area (Å²) >= 11 is 0. The van der Waals surface area contributed by atoms with Crippen molar-refractivity contribution in [2.24, 2.45) is 5.73 Å². The molecule has 0 heterocycles. The van der Waals surface area contributed by atoms with Crippen LogP contribution in [0, 0.1) is 0 Å². The first-order valence-electron chi connectivity index (χ1n) is 5.14. The molecule has 2 heteroatoms. The fourth-order valence-corrected chi connectivity index (χ4v) is 1.18. The first kappa shape index (κ1) is 11.9. The number of rotatable bonds is 8. The van der Waals surface area contributed by atoms with Crippen LogP contribution in [0.5, 0.6) is 0 Å². The van der Waals surface area contributed by atoms with Crippen LogP contribution in [-0.2, 0) is 4.74 Å². The molecular weight excluding hydrogens is 150 g/mol. The maximum absolute atomic E-state index is 5.88. The van der Waals surface area contributed by atoms with Gasteiger partial charge in [0.05, 0.1) is 0 Å². The van der Waals surface area contributed by atoms with Gasteiger partial charge in [-0.25, -0.2) is 0 Å². The fourth-order valence-electron chi connectivity index (χ4n) is 1.18. The highest BCUT2D eigenvalue weighted by Gasteiger charge is 2.00. The maximum Gasteiger partial charge on any atom is 0.0480 e. The molecular formula is C10H23NO. The van der Waals surface area contributed by atoms with E-state index in [1.54, 1.807) is 0 Å². The van der Waals surface area contributed by atoms with E-state index < -0.39 is 0 Å². The zero-order valence-corrected chi connectivity index (χ0v) is 8.51. The molecule has 0 saturated heterocycles.